The first-order valence-electron chi connectivity index (χ1n) is 8.74. The predicted octanol–water partition coefficient (Wildman–Crippen LogP) is 0.392. The van der Waals surface area contributed by atoms with Crippen LogP contribution in [0.2, 0.25) is 0 Å². The number of nitrogens with zero attached hydrogens (tertiary/aromatic N) is 2. The van der Waals surface area contributed by atoms with Crippen LogP contribution in [0.1, 0.15) is 25.7 Å². The van der Waals surface area contributed by atoms with Crippen LogP contribution >= 0.6 is 0 Å². The normalized spacial score (nSPS) is 28.5. The van der Waals surface area contributed by atoms with Crippen LogP contribution in [0.25, 0.3) is 0 Å². The van der Waals surface area contributed by atoms with Crippen molar-refractivity contribution in [1.82, 2.24) is 15.1 Å². The van der Waals surface area contributed by atoms with Crippen molar-refractivity contribution in [3.05, 3.63) is 12.2 Å². The van der Waals surface area contributed by atoms with Gasteiger partial charge in [-0.15, -0.1) is 0 Å². The Kier molecular flexibility index (Phi) is 5.67. The predicted molar refractivity (Wildman–Crippen MR) is 86.9 cm³/mol. The fourth-order valence-corrected chi connectivity index (χ4v) is 3.56. The number of morpholine rings is 1. The van der Waals surface area contributed by atoms with Gasteiger partial charge >= 0.3 is 0 Å². The molecule has 1 aliphatic carbocycles. The van der Waals surface area contributed by atoms with Gasteiger partial charge in [0, 0.05) is 45.6 Å². The van der Waals surface area contributed by atoms with E-state index in [0.29, 0.717) is 25.3 Å². The second-order valence-corrected chi connectivity index (χ2v) is 6.73. The topological polar surface area (TPSA) is 61.9 Å². The molecule has 0 unspecified atom stereocenters. The number of hydrogen-bond donors (Lipinski definition) is 1. The van der Waals surface area contributed by atoms with E-state index in [2.05, 4.69) is 22.4 Å². The zero-order chi connectivity index (χ0) is 16.1. The molecule has 1 N–H and O–H groups in total. The summed E-state index contributed by atoms with van der Waals surface area (Å²) < 4.78 is 5.33. The van der Waals surface area contributed by atoms with Crippen molar-refractivity contribution in [2.45, 2.75) is 31.7 Å². The number of allylic oxidation sites excluding steroid dienone is 2. The molecule has 6 nitrogen and oxygen atoms in total. The number of amides is 2. The summed E-state index contributed by atoms with van der Waals surface area (Å²) in [5.41, 5.74) is 0. The Labute approximate surface area is 137 Å². The molecule has 128 valence electrons. The standard InChI is InChI=1S/C17H27N3O3/c21-16(11-14-3-1-2-4-14)18-15-12-17(22)20(13-15)6-5-19-7-9-23-10-8-19/h1,3,14-15H,2,4-13H2,(H,18,21)/t14-,15+/m1/s1. The van der Waals surface area contributed by atoms with Gasteiger partial charge in [0.2, 0.25) is 11.8 Å². The van der Waals surface area contributed by atoms with Crippen LogP contribution in [0.15, 0.2) is 12.2 Å². The molecular formula is C17H27N3O3. The lowest BCUT2D eigenvalue weighted by Crippen LogP contribution is -2.43. The van der Waals surface area contributed by atoms with Crippen molar-refractivity contribution < 1.29 is 14.3 Å². The highest BCUT2D eigenvalue weighted by atomic mass is 16.5. The zero-order valence-corrected chi connectivity index (χ0v) is 13.7. The highest BCUT2D eigenvalue weighted by Gasteiger charge is 2.31. The highest BCUT2D eigenvalue weighted by Crippen LogP contribution is 2.20. The molecule has 0 saturated carbocycles. The molecule has 0 bridgehead atoms. The first-order chi connectivity index (χ1) is 11.2. The van der Waals surface area contributed by atoms with E-state index >= 15 is 0 Å². The summed E-state index contributed by atoms with van der Waals surface area (Å²) >= 11 is 0. The first kappa shape index (κ1) is 16.5. The van der Waals surface area contributed by atoms with Crippen molar-refractivity contribution >= 4 is 11.8 Å². The molecule has 0 radical (unpaired) electrons. The minimum absolute atomic E-state index is 0.0231. The molecule has 23 heavy (non-hydrogen) atoms. The molecule has 2 amide bonds. The maximum atomic E-state index is 12.1. The van der Waals surface area contributed by atoms with Gasteiger partial charge in [0.1, 0.15) is 0 Å². The molecular weight excluding hydrogens is 294 g/mol. The van der Waals surface area contributed by atoms with E-state index in [-0.39, 0.29) is 17.9 Å². The molecule has 0 aromatic rings. The van der Waals surface area contributed by atoms with Crippen molar-refractivity contribution in [2.24, 2.45) is 5.92 Å². The number of likely N-dealkylation sites (tertiary alicyclic amines) is 1. The average Bonchev–Trinajstić information content (AvgIpc) is 3.16. The van der Waals surface area contributed by atoms with E-state index in [4.69, 9.17) is 4.74 Å². The second-order valence-electron chi connectivity index (χ2n) is 6.73. The molecule has 2 fully saturated rings. The third-order valence-electron chi connectivity index (χ3n) is 4.93. The summed E-state index contributed by atoms with van der Waals surface area (Å²) in [6, 6.07) is -0.0231. The summed E-state index contributed by atoms with van der Waals surface area (Å²) in [6.07, 6.45) is 7.42. The maximum absolute atomic E-state index is 12.1. The summed E-state index contributed by atoms with van der Waals surface area (Å²) in [5, 5.41) is 3.04. The number of nitrogens with one attached hydrogen (secondary N) is 1. The maximum Gasteiger partial charge on any atom is 0.224 e. The first-order valence-corrected chi connectivity index (χ1v) is 8.74. The lowest BCUT2D eigenvalue weighted by molar-refractivity contribution is -0.128. The number of rotatable bonds is 6. The Morgan fingerprint density at radius 1 is 1.30 bits per heavy atom. The van der Waals surface area contributed by atoms with E-state index in [1.54, 1.807) is 0 Å². The van der Waals surface area contributed by atoms with Crippen molar-refractivity contribution in [3.8, 4) is 0 Å². The summed E-state index contributed by atoms with van der Waals surface area (Å²) in [4.78, 5) is 28.4. The molecule has 2 aliphatic heterocycles. The summed E-state index contributed by atoms with van der Waals surface area (Å²) in [6.45, 7) is 5.73. The molecule has 0 aromatic carbocycles. The lowest BCUT2D eigenvalue weighted by Gasteiger charge is -2.28. The quantitative estimate of drug-likeness (QED) is 0.719. The van der Waals surface area contributed by atoms with Crippen LogP contribution in [0.3, 0.4) is 0 Å². The third kappa shape index (κ3) is 4.78. The molecule has 3 rings (SSSR count). The van der Waals surface area contributed by atoms with Gasteiger partial charge in [0.15, 0.2) is 0 Å². The van der Waals surface area contributed by atoms with Gasteiger partial charge in [-0.1, -0.05) is 12.2 Å². The van der Waals surface area contributed by atoms with Gasteiger partial charge in [0.25, 0.3) is 0 Å². The van der Waals surface area contributed by atoms with Gasteiger partial charge in [-0.3, -0.25) is 14.5 Å². The molecule has 6 heteroatoms. The van der Waals surface area contributed by atoms with Crippen LogP contribution in [-0.4, -0.2) is 73.6 Å². The Morgan fingerprint density at radius 2 is 2.13 bits per heavy atom. The highest BCUT2D eigenvalue weighted by molar-refractivity contribution is 5.82. The molecule has 3 aliphatic rings. The summed E-state index contributed by atoms with van der Waals surface area (Å²) in [7, 11) is 0. The van der Waals surface area contributed by atoms with Crippen molar-refractivity contribution in [3.63, 3.8) is 0 Å². The van der Waals surface area contributed by atoms with Gasteiger partial charge in [-0.05, 0) is 18.8 Å². The average molecular weight is 321 g/mol. The smallest absolute Gasteiger partial charge is 0.224 e. The third-order valence-corrected chi connectivity index (χ3v) is 4.93. The molecule has 2 atom stereocenters. The van der Waals surface area contributed by atoms with Crippen LogP contribution in [0.4, 0.5) is 0 Å². The van der Waals surface area contributed by atoms with Crippen LogP contribution in [0.5, 0.6) is 0 Å². The van der Waals surface area contributed by atoms with E-state index in [1.165, 1.54) is 0 Å². The van der Waals surface area contributed by atoms with Crippen LogP contribution < -0.4 is 5.32 Å². The number of ether oxygens (including phenoxy) is 1. The lowest BCUT2D eigenvalue weighted by atomic mass is 10.0. The van der Waals surface area contributed by atoms with Gasteiger partial charge in [-0.25, -0.2) is 0 Å². The second kappa shape index (κ2) is 7.93. The number of hydrogen-bond acceptors (Lipinski definition) is 4. The minimum Gasteiger partial charge on any atom is -0.379 e. The van der Waals surface area contributed by atoms with Crippen molar-refractivity contribution in [1.29, 1.82) is 0 Å². The Bertz CT molecular complexity index is 460. The number of carbonyl (C=O) groups is 2. The summed E-state index contributed by atoms with van der Waals surface area (Å²) in [5.74, 6) is 0.614. The molecule has 0 aromatic heterocycles. The molecule has 2 saturated heterocycles. The van der Waals surface area contributed by atoms with Crippen molar-refractivity contribution in [2.75, 3.05) is 45.9 Å². The van der Waals surface area contributed by atoms with E-state index in [1.807, 2.05) is 4.90 Å². The Hall–Kier alpha value is -1.40. The zero-order valence-electron chi connectivity index (χ0n) is 13.7. The Morgan fingerprint density at radius 3 is 2.87 bits per heavy atom. The molecule has 0 spiro atoms. The van der Waals surface area contributed by atoms with Gasteiger partial charge in [-0.2, -0.15) is 0 Å². The van der Waals surface area contributed by atoms with Gasteiger partial charge in [0.05, 0.1) is 19.3 Å². The fourth-order valence-electron chi connectivity index (χ4n) is 3.56. The monoisotopic (exact) mass is 321 g/mol. The Balaban J connectivity index is 1.38. The van der Waals surface area contributed by atoms with Gasteiger partial charge < -0.3 is 15.0 Å². The fraction of sp³-hybridized carbons (Fsp3) is 0.765. The minimum atomic E-state index is -0.0231. The number of carbonyl (C=O) groups excluding carboxylic acids is 2. The van der Waals surface area contributed by atoms with E-state index < -0.39 is 0 Å². The largest absolute Gasteiger partial charge is 0.379 e. The van der Waals surface area contributed by atoms with E-state index in [9.17, 15) is 9.59 Å². The van der Waals surface area contributed by atoms with Crippen LogP contribution in [0, 0.1) is 5.92 Å². The van der Waals surface area contributed by atoms with E-state index in [0.717, 1.165) is 52.2 Å². The molecule has 2 heterocycles. The van der Waals surface area contributed by atoms with Crippen LogP contribution in [-0.2, 0) is 14.3 Å². The SMILES string of the molecule is O=C(C[C@@H]1C=CCC1)N[C@H]1CC(=O)N(CCN2CCOCC2)C1.